The predicted octanol–water partition coefficient (Wildman–Crippen LogP) is 2.75. The lowest BCUT2D eigenvalue weighted by Crippen LogP contribution is -2.43. The first-order valence-corrected chi connectivity index (χ1v) is 6.99. The summed E-state index contributed by atoms with van der Waals surface area (Å²) in [5.41, 5.74) is -1.04. The number of hydrogen-bond acceptors (Lipinski definition) is 2. The van der Waals surface area contributed by atoms with Crippen LogP contribution in [-0.4, -0.2) is 26.0 Å². The van der Waals surface area contributed by atoms with Gasteiger partial charge in [0.25, 0.3) is 0 Å². The van der Waals surface area contributed by atoms with E-state index in [2.05, 4.69) is 31.9 Å². The highest BCUT2D eigenvalue weighted by Crippen LogP contribution is 2.70. The average Bonchev–Trinajstić information content (AvgIpc) is 2.46. The van der Waals surface area contributed by atoms with E-state index in [1.165, 1.54) is 0 Å². The smallest absolute Gasteiger partial charge is 0.303 e. The number of halogens is 2. The number of carboxylic acids is 1. The Hall–Kier alpha value is 0.1000. The molecule has 0 saturated heterocycles. The average molecular weight is 354 g/mol. The van der Waals surface area contributed by atoms with Crippen molar-refractivity contribution < 1.29 is 14.7 Å². The summed E-state index contributed by atoms with van der Waals surface area (Å²) in [4.78, 5) is 23.3. The zero-order chi connectivity index (χ0) is 12.4. The molecule has 3 atom stereocenters. The van der Waals surface area contributed by atoms with E-state index in [1.807, 2.05) is 13.8 Å². The SMILES string of the molecule is CC1(C)C(=O)[C@]2(Br)CC[C@]1(CC(=O)O)[C@@H]2Br. The van der Waals surface area contributed by atoms with Gasteiger partial charge in [0.2, 0.25) is 0 Å². The van der Waals surface area contributed by atoms with Crippen LogP contribution in [0.1, 0.15) is 33.1 Å². The van der Waals surface area contributed by atoms with Crippen molar-refractivity contribution >= 4 is 43.6 Å². The van der Waals surface area contributed by atoms with Crippen LogP contribution in [0, 0.1) is 10.8 Å². The van der Waals surface area contributed by atoms with Crippen molar-refractivity contribution in [2.24, 2.45) is 10.8 Å². The van der Waals surface area contributed by atoms with Gasteiger partial charge in [-0.05, 0) is 12.8 Å². The van der Waals surface area contributed by atoms with Gasteiger partial charge in [-0.25, -0.2) is 0 Å². The number of hydrogen-bond donors (Lipinski definition) is 1. The number of alkyl halides is 2. The fraction of sp³-hybridized carbons (Fsp3) is 0.818. The number of rotatable bonds is 2. The molecule has 2 aliphatic carbocycles. The van der Waals surface area contributed by atoms with Crippen LogP contribution in [-0.2, 0) is 9.59 Å². The molecule has 0 heterocycles. The summed E-state index contributed by atoms with van der Waals surface area (Å²) >= 11 is 7.09. The molecule has 2 bridgehead atoms. The van der Waals surface area contributed by atoms with Gasteiger partial charge in [-0.15, -0.1) is 0 Å². The monoisotopic (exact) mass is 352 g/mol. The molecule has 0 radical (unpaired) electrons. The van der Waals surface area contributed by atoms with Gasteiger partial charge in [-0.3, -0.25) is 9.59 Å². The second-order valence-corrected chi connectivity index (χ2v) is 7.74. The molecule has 0 aromatic rings. The number of ketones is 1. The molecule has 0 aromatic heterocycles. The van der Waals surface area contributed by atoms with E-state index in [-0.39, 0.29) is 17.0 Å². The summed E-state index contributed by atoms with van der Waals surface area (Å²) < 4.78 is -0.564. The van der Waals surface area contributed by atoms with Gasteiger partial charge in [0, 0.05) is 15.7 Å². The number of carbonyl (C=O) groups is 2. The third kappa shape index (κ3) is 1.19. The molecule has 3 nitrogen and oxygen atoms in total. The zero-order valence-corrected chi connectivity index (χ0v) is 12.4. The van der Waals surface area contributed by atoms with Gasteiger partial charge in [0.15, 0.2) is 5.78 Å². The number of carbonyl (C=O) groups excluding carboxylic acids is 1. The summed E-state index contributed by atoms with van der Waals surface area (Å²) in [7, 11) is 0. The fourth-order valence-electron chi connectivity index (χ4n) is 3.37. The van der Waals surface area contributed by atoms with Gasteiger partial charge in [-0.2, -0.15) is 0 Å². The lowest BCUT2D eigenvalue weighted by atomic mass is 9.63. The Labute approximate surface area is 111 Å². The normalized spacial score (nSPS) is 45.0. The zero-order valence-electron chi connectivity index (χ0n) is 9.22. The molecule has 2 saturated carbocycles. The molecule has 1 N–H and O–H groups in total. The molecular formula is C11H14Br2O3. The molecule has 0 unspecified atom stereocenters. The molecule has 2 fully saturated rings. The molecule has 16 heavy (non-hydrogen) atoms. The molecule has 2 aliphatic rings. The molecule has 0 aliphatic heterocycles. The quantitative estimate of drug-likeness (QED) is 0.776. The maximum absolute atomic E-state index is 12.3. The Balaban J connectivity index is 2.52. The summed E-state index contributed by atoms with van der Waals surface area (Å²) in [6.45, 7) is 3.74. The van der Waals surface area contributed by atoms with E-state index in [1.54, 1.807) is 0 Å². The molecule has 0 aromatic carbocycles. The van der Waals surface area contributed by atoms with Crippen LogP contribution in [0.25, 0.3) is 0 Å². The lowest BCUT2D eigenvalue weighted by molar-refractivity contribution is -0.143. The van der Waals surface area contributed by atoms with Crippen molar-refractivity contribution in [2.45, 2.75) is 42.3 Å². The minimum atomic E-state index is -0.830. The van der Waals surface area contributed by atoms with E-state index in [9.17, 15) is 9.59 Å². The van der Waals surface area contributed by atoms with Crippen LogP contribution in [0.5, 0.6) is 0 Å². The molecule has 5 heteroatoms. The van der Waals surface area contributed by atoms with Crippen molar-refractivity contribution in [2.75, 3.05) is 0 Å². The van der Waals surface area contributed by atoms with E-state index in [0.29, 0.717) is 0 Å². The lowest BCUT2D eigenvalue weighted by Gasteiger charge is -2.40. The number of fused-ring (bicyclic) bond motifs is 2. The minimum Gasteiger partial charge on any atom is -0.481 e. The second-order valence-electron chi connectivity index (χ2n) is 5.41. The first kappa shape index (κ1) is 12.6. The van der Waals surface area contributed by atoms with Crippen LogP contribution in [0.15, 0.2) is 0 Å². The number of carboxylic acid groups (broad SMARTS) is 1. The predicted molar refractivity (Wildman–Crippen MR) is 67.1 cm³/mol. The van der Waals surface area contributed by atoms with Crippen molar-refractivity contribution in [3.8, 4) is 0 Å². The number of Topliss-reactive ketones (excluding diaryl/α,β-unsaturated/α-hetero) is 1. The molecule has 90 valence electrons. The van der Waals surface area contributed by atoms with Crippen LogP contribution in [0.3, 0.4) is 0 Å². The summed E-state index contributed by atoms with van der Waals surface area (Å²) in [5, 5.41) is 9.06. The molecule has 2 rings (SSSR count). The minimum absolute atomic E-state index is 0.0506. The standard InChI is InChI=1S/C11H14Br2O3/c1-9(2)8(16)11(13)4-3-10(9,7(11)12)5-6(14)15/h7H,3-5H2,1-2H3,(H,14,15)/t7-,10-,11-/m0/s1. The van der Waals surface area contributed by atoms with Crippen LogP contribution >= 0.6 is 31.9 Å². The van der Waals surface area contributed by atoms with Crippen LogP contribution in [0.4, 0.5) is 0 Å². The number of aliphatic carboxylic acids is 1. The van der Waals surface area contributed by atoms with Crippen molar-refractivity contribution in [3.05, 3.63) is 0 Å². The van der Waals surface area contributed by atoms with Gasteiger partial charge < -0.3 is 5.11 Å². The van der Waals surface area contributed by atoms with E-state index >= 15 is 0 Å². The highest BCUT2D eigenvalue weighted by molar-refractivity contribution is 9.13. The third-order valence-electron chi connectivity index (χ3n) is 4.48. The summed E-state index contributed by atoms with van der Waals surface area (Å²) in [6, 6.07) is 0. The first-order chi connectivity index (χ1) is 7.18. The van der Waals surface area contributed by atoms with Crippen molar-refractivity contribution in [1.29, 1.82) is 0 Å². The third-order valence-corrected chi connectivity index (χ3v) is 7.97. The Morgan fingerprint density at radius 1 is 1.50 bits per heavy atom. The summed E-state index contributed by atoms with van der Waals surface area (Å²) in [5.74, 6) is -0.696. The molecule has 0 amide bonds. The Morgan fingerprint density at radius 3 is 2.44 bits per heavy atom. The molecule has 0 spiro atoms. The van der Waals surface area contributed by atoms with Crippen molar-refractivity contribution in [1.82, 2.24) is 0 Å². The highest BCUT2D eigenvalue weighted by atomic mass is 79.9. The van der Waals surface area contributed by atoms with Gasteiger partial charge in [-0.1, -0.05) is 45.7 Å². The second kappa shape index (κ2) is 3.31. The summed E-state index contributed by atoms with van der Waals surface area (Å²) in [6.07, 6.45) is 1.55. The fourth-order valence-corrected chi connectivity index (χ4v) is 5.90. The Morgan fingerprint density at radius 2 is 2.06 bits per heavy atom. The maximum atomic E-state index is 12.3. The van der Waals surface area contributed by atoms with Crippen LogP contribution in [0.2, 0.25) is 0 Å². The molecular weight excluding hydrogens is 340 g/mol. The van der Waals surface area contributed by atoms with Crippen LogP contribution < -0.4 is 0 Å². The highest BCUT2D eigenvalue weighted by Gasteiger charge is 2.74. The first-order valence-electron chi connectivity index (χ1n) is 5.28. The largest absolute Gasteiger partial charge is 0.481 e. The van der Waals surface area contributed by atoms with E-state index in [0.717, 1.165) is 12.8 Å². The van der Waals surface area contributed by atoms with E-state index in [4.69, 9.17) is 5.11 Å². The van der Waals surface area contributed by atoms with Gasteiger partial charge >= 0.3 is 5.97 Å². The maximum Gasteiger partial charge on any atom is 0.303 e. The topological polar surface area (TPSA) is 54.4 Å². The van der Waals surface area contributed by atoms with Crippen molar-refractivity contribution in [3.63, 3.8) is 0 Å². The van der Waals surface area contributed by atoms with Gasteiger partial charge in [0.1, 0.15) is 0 Å². The Bertz CT molecular complexity index is 379. The van der Waals surface area contributed by atoms with Gasteiger partial charge in [0.05, 0.1) is 10.7 Å². The van der Waals surface area contributed by atoms with E-state index < -0.39 is 21.1 Å². The Kier molecular flexibility index (Phi) is 2.60.